The molecule has 0 bridgehead atoms. The van der Waals surface area contributed by atoms with Crippen LogP contribution in [0, 0.1) is 5.82 Å². The van der Waals surface area contributed by atoms with Crippen LogP contribution >= 0.6 is 0 Å². The second-order valence-electron chi connectivity index (χ2n) is 10.1. The molecule has 0 saturated carbocycles. The van der Waals surface area contributed by atoms with Crippen molar-refractivity contribution in [3.05, 3.63) is 120 Å². The number of nitrogens with one attached hydrogen (secondary N) is 1. The summed E-state index contributed by atoms with van der Waals surface area (Å²) in [4.78, 5) is 28.8. The number of halogens is 1. The van der Waals surface area contributed by atoms with E-state index in [0.29, 0.717) is 18.1 Å². The van der Waals surface area contributed by atoms with Gasteiger partial charge in [-0.3, -0.25) is 13.9 Å². The molecular formula is C33H32FN3O6S. The highest BCUT2D eigenvalue weighted by Crippen LogP contribution is 2.36. The van der Waals surface area contributed by atoms with Crippen LogP contribution in [0.25, 0.3) is 0 Å². The molecule has 2 amide bonds. The van der Waals surface area contributed by atoms with Crippen LogP contribution in [0.2, 0.25) is 0 Å². The lowest BCUT2D eigenvalue weighted by Gasteiger charge is -2.34. The number of sulfonamides is 1. The minimum absolute atomic E-state index is 0.0320. The molecule has 1 N–H and O–H groups in total. The first-order chi connectivity index (χ1) is 21.3. The van der Waals surface area contributed by atoms with Gasteiger partial charge in [-0.05, 0) is 35.9 Å². The van der Waals surface area contributed by atoms with E-state index in [-0.39, 0.29) is 35.7 Å². The molecule has 0 aliphatic carbocycles. The van der Waals surface area contributed by atoms with Crippen molar-refractivity contribution in [3.63, 3.8) is 0 Å². The molecule has 0 unspecified atom stereocenters. The quantitative estimate of drug-likeness (QED) is 0.271. The molecule has 4 aromatic carbocycles. The molecule has 0 spiro atoms. The van der Waals surface area contributed by atoms with Crippen LogP contribution in [0.4, 0.5) is 10.1 Å². The van der Waals surface area contributed by atoms with Gasteiger partial charge in [-0.2, -0.15) is 0 Å². The summed E-state index contributed by atoms with van der Waals surface area (Å²) in [6.45, 7) is -0.306. The topological polar surface area (TPSA) is 105 Å². The van der Waals surface area contributed by atoms with E-state index in [1.807, 2.05) is 30.3 Å². The van der Waals surface area contributed by atoms with Gasteiger partial charge < -0.3 is 19.7 Å². The normalized spacial score (nSPS) is 13.0. The van der Waals surface area contributed by atoms with E-state index in [0.717, 1.165) is 9.87 Å². The van der Waals surface area contributed by atoms with Gasteiger partial charge in [0.05, 0.1) is 10.6 Å². The molecular weight excluding hydrogens is 585 g/mol. The monoisotopic (exact) mass is 617 g/mol. The van der Waals surface area contributed by atoms with Crippen molar-refractivity contribution >= 4 is 27.5 Å². The SMILES string of the molecule is CNC(=O)[C@@H](Cc1ccccc1)N(Cc1ccccc1F)C(=O)CN(c1ccc2c(c1)OCCO2)S(=O)(=O)c1ccccc1. The Morgan fingerprint density at radius 2 is 1.50 bits per heavy atom. The lowest BCUT2D eigenvalue weighted by Crippen LogP contribution is -2.53. The van der Waals surface area contributed by atoms with E-state index in [9.17, 15) is 22.4 Å². The second-order valence-corrected chi connectivity index (χ2v) is 11.9. The average molecular weight is 618 g/mol. The molecule has 44 heavy (non-hydrogen) atoms. The first-order valence-corrected chi connectivity index (χ1v) is 15.5. The summed E-state index contributed by atoms with van der Waals surface area (Å²) in [5, 5.41) is 2.61. The van der Waals surface area contributed by atoms with Crippen molar-refractivity contribution in [2.45, 2.75) is 23.9 Å². The zero-order valence-electron chi connectivity index (χ0n) is 24.1. The molecule has 4 aromatic rings. The van der Waals surface area contributed by atoms with E-state index in [1.54, 1.807) is 30.3 Å². The molecule has 1 heterocycles. The van der Waals surface area contributed by atoms with Crippen LogP contribution in [0.3, 0.4) is 0 Å². The predicted molar refractivity (Wildman–Crippen MR) is 163 cm³/mol. The van der Waals surface area contributed by atoms with E-state index < -0.39 is 40.2 Å². The standard InChI is InChI=1S/C33H32FN3O6S/c1-35-33(39)29(20-24-10-4-2-5-11-24)36(22-25-12-8-9-15-28(25)34)32(38)23-37(44(40,41)27-13-6-3-7-14-27)26-16-17-30-31(21-26)43-19-18-42-30/h2-17,21,29H,18-20,22-23H2,1H3,(H,35,39)/t29-/m1/s1. The summed E-state index contributed by atoms with van der Waals surface area (Å²) >= 11 is 0. The van der Waals surface area contributed by atoms with Crippen LogP contribution in [0.15, 0.2) is 108 Å². The minimum atomic E-state index is -4.29. The third kappa shape index (κ3) is 6.84. The van der Waals surface area contributed by atoms with Crippen molar-refractivity contribution in [2.24, 2.45) is 0 Å². The zero-order chi connectivity index (χ0) is 31.1. The van der Waals surface area contributed by atoms with E-state index in [2.05, 4.69) is 5.32 Å². The Morgan fingerprint density at radius 3 is 2.18 bits per heavy atom. The number of anilines is 1. The highest BCUT2D eigenvalue weighted by Gasteiger charge is 2.35. The number of likely N-dealkylation sites (N-methyl/N-ethyl adjacent to an activating group) is 1. The van der Waals surface area contributed by atoms with Gasteiger partial charge >= 0.3 is 0 Å². The Bertz CT molecular complexity index is 1720. The predicted octanol–water partition coefficient (Wildman–Crippen LogP) is 4.18. The molecule has 228 valence electrons. The van der Waals surface area contributed by atoms with Gasteiger partial charge in [0.2, 0.25) is 11.8 Å². The number of nitrogens with zero attached hydrogens (tertiary/aromatic N) is 2. The molecule has 0 aromatic heterocycles. The van der Waals surface area contributed by atoms with Gasteiger partial charge in [-0.15, -0.1) is 0 Å². The molecule has 11 heteroatoms. The Kier molecular flexibility index (Phi) is 9.44. The van der Waals surface area contributed by atoms with Gasteiger partial charge in [-0.25, -0.2) is 12.8 Å². The maximum absolute atomic E-state index is 14.9. The van der Waals surface area contributed by atoms with E-state index in [4.69, 9.17) is 9.47 Å². The zero-order valence-corrected chi connectivity index (χ0v) is 24.9. The molecule has 0 fully saturated rings. The molecule has 9 nitrogen and oxygen atoms in total. The summed E-state index contributed by atoms with van der Waals surface area (Å²) in [5.41, 5.74) is 1.12. The van der Waals surface area contributed by atoms with Crippen LogP contribution in [0.1, 0.15) is 11.1 Å². The van der Waals surface area contributed by atoms with Crippen LogP contribution in [0.5, 0.6) is 11.5 Å². The number of carbonyl (C=O) groups is 2. The maximum Gasteiger partial charge on any atom is 0.264 e. The summed E-state index contributed by atoms with van der Waals surface area (Å²) < 4.78 is 55.3. The number of rotatable bonds is 11. The number of ether oxygens (including phenoxy) is 2. The second kappa shape index (κ2) is 13.6. The number of hydrogen-bond acceptors (Lipinski definition) is 6. The smallest absolute Gasteiger partial charge is 0.264 e. The number of carbonyl (C=O) groups excluding carboxylic acids is 2. The van der Waals surface area contributed by atoms with Gasteiger partial charge in [0, 0.05) is 31.6 Å². The first kappa shape index (κ1) is 30.6. The minimum Gasteiger partial charge on any atom is -0.486 e. The van der Waals surface area contributed by atoms with Gasteiger partial charge in [-0.1, -0.05) is 66.7 Å². The lowest BCUT2D eigenvalue weighted by molar-refractivity contribution is -0.139. The lowest BCUT2D eigenvalue weighted by atomic mass is 10.0. The van der Waals surface area contributed by atoms with Crippen molar-refractivity contribution in [1.29, 1.82) is 0 Å². The fourth-order valence-electron chi connectivity index (χ4n) is 4.97. The van der Waals surface area contributed by atoms with Crippen LogP contribution in [-0.2, 0) is 32.6 Å². The van der Waals surface area contributed by atoms with Gasteiger partial charge in [0.25, 0.3) is 10.0 Å². The molecule has 0 saturated heterocycles. The summed E-state index contributed by atoms with van der Waals surface area (Å²) in [6.07, 6.45) is 0.121. The van der Waals surface area contributed by atoms with Crippen molar-refractivity contribution in [1.82, 2.24) is 10.2 Å². The van der Waals surface area contributed by atoms with Gasteiger partial charge in [0.1, 0.15) is 31.6 Å². The summed E-state index contributed by atoms with van der Waals surface area (Å²) in [7, 11) is -2.83. The average Bonchev–Trinajstić information content (AvgIpc) is 3.06. The highest BCUT2D eigenvalue weighted by atomic mass is 32.2. The molecule has 5 rings (SSSR count). The van der Waals surface area contributed by atoms with E-state index in [1.165, 1.54) is 54.4 Å². The van der Waals surface area contributed by atoms with Crippen LogP contribution < -0.4 is 19.1 Å². The number of hydrogen-bond donors (Lipinski definition) is 1. The van der Waals surface area contributed by atoms with Gasteiger partial charge in [0.15, 0.2) is 11.5 Å². The highest BCUT2D eigenvalue weighted by molar-refractivity contribution is 7.92. The molecule has 1 aliphatic heterocycles. The molecule has 1 aliphatic rings. The Balaban J connectivity index is 1.58. The molecule has 0 radical (unpaired) electrons. The largest absolute Gasteiger partial charge is 0.486 e. The van der Waals surface area contributed by atoms with Crippen LogP contribution in [-0.4, -0.2) is 58.0 Å². The van der Waals surface area contributed by atoms with Crippen molar-refractivity contribution in [3.8, 4) is 11.5 Å². The third-order valence-electron chi connectivity index (χ3n) is 7.24. The summed E-state index contributed by atoms with van der Waals surface area (Å²) in [5.74, 6) is -0.944. The fourth-order valence-corrected chi connectivity index (χ4v) is 6.39. The fraction of sp³-hybridized carbons (Fsp3) is 0.212. The Labute approximate surface area is 255 Å². The van der Waals surface area contributed by atoms with Crippen molar-refractivity contribution in [2.75, 3.05) is 31.1 Å². The Hall–Kier alpha value is -4.90. The number of amides is 2. The number of benzene rings is 4. The molecule has 1 atom stereocenters. The van der Waals surface area contributed by atoms with Crippen molar-refractivity contribution < 1.29 is 31.9 Å². The van der Waals surface area contributed by atoms with E-state index >= 15 is 0 Å². The summed E-state index contributed by atoms with van der Waals surface area (Å²) in [6, 6.07) is 26.3. The number of fused-ring (bicyclic) bond motifs is 1. The first-order valence-electron chi connectivity index (χ1n) is 14.0. The third-order valence-corrected chi connectivity index (χ3v) is 9.03. The maximum atomic E-state index is 14.9. The Morgan fingerprint density at radius 1 is 0.864 bits per heavy atom.